The molecule has 4 aliphatic rings. The fraction of sp³-hybridized carbons (Fsp3) is 0.906. The van der Waals surface area contributed by atoms with Gasteiger partial charge in [0.25, 0.3) is 0 Å². The minimum Gasteiger partial charge on any atom is -0.388 e. The lowest BCUT2D eigenvalue weighted by Gasteiger charge is -2.66. The van der Waals surface area contributed by atoms with E-state index < -0.39 is 5.60 Å². The maximum absolute atomic E-state index is 12.5. The Bertz CT molecular complexity index is 887. The molecular formula is C32H56N4O. The van der Waals surface area contributed by atoms with Crippen molar-refractivity contribution in [2.24, 2.45) is 52.1 Å². The van der Waals surface area contributed by atoms with Crippen LogP contribution in [-0.4, -0.2) is 33.3 Å². The molecule has 4 fully saturated rings. The smallest absolute Gasteiger partial charge is 0.0923 e. The highest BCUT2D eigenvalue weighted by Crippen LogP contribution is 2.69. The predicted octanol–water partition coefficient (Wildman–Crippen LogP) is 6.60. The lowest BCUT2D eigenvalue weighted by Crippen LogP contribution is -2.70. The van der Waals surface area contributed by atoms with Crippen molar-refractivity contribution >= 4 is 0 Å². The third kappa shape index (κ3) is 4.73. The number of imidazole rings is 1. The van der Waals surface area contributed by atoms with E-state index in [1.54, 1.807) is 6.33 Å². The molecule has 0 aromatic carbocycles. The molecule has 37 heavy (non-hydrogen) atoms. The number of fused-ring (bicyclic) bond motifs is 5. The van der Waals surface area contributed by atoms with Gasteiger partial charge in [-0.25, -0.2) is 4.98 Å². The largest absolute Gasteiger partial charge is 0.388 e. The topological polar surface area (TPSA) is 87.0 Å². The summed E-state index contributed by atoms with van der Waals surface area (Å²) in [6.07, 6.45) is 18.9. The van der Waals surface area contributed by atoms with Gasteiger partial charge in [0.15, 0.2) is 0 Å². The fourth-order valence-corrected chi connectivity index (χ4v) is 10.5. The average molecular weight is 513 g/mol. The SMILES string of the molecule is CC(C)CCC[C@@H](C)[C@H]1CC[C@H]2[C@@H]3C[C@@H](NCC(N)c4c[nH]cn4)[C@@]4(O)CCCC[C@]4(C)[C@H]3CC[C@]12C. The number of nitrogens with one attached hydrogen (secondary N) is 2. The molecule has 0 bridgehead atoms. The second-order valence-corrected chi connectivity index (χ2v) is 14.8. The van der Waals surface area contributed by atoms with Crippen LogP contribution in [0.15, 0.2) is 12.5 Å². The normalized spacial score (nSPS) is 43.2. The van der Waals surface area contributed by atoms with Crippen molar-refractivity contribution in [1.82, 2.24) is 15.3 Å². The predicted molar refractivity (Wildman–Crippen MR) is 152 cm³/mol. The van der Waals surface area contributed by atoms with Gasteiger partial charge in [-0.2, -0.15) is 0 Å². The Labute approximate surface area is 226 Å². The van der Waals surface area contributed by atoms with Gasteiger partial charge in [-0.05, 0) is 85.9 Å². The molecular weight excluding hydrogens is 456 g/mol. The maximum Gasteiger partial charge on any atom is 0.0923 e. The monoisotopic (exact) mass is 512 g/mol. The van der Waals surface area contributed by atoms with Crippen molar-refractivity contribution in [3.8, 4) is 0 Å². The van der Waals surface area contributed by atoms with Crippen LogP contribution >= 0.6 is 0 Å². The summed E-state index contributed by atoms with van der Waals surface area (Å²) in [5.74, 6) is 4.69. The number of aromatic amines is 1. The first kappa shape index (κ1) is 27.6. The van der Waals surface area contributed by atoms with Gasteiger partial charge in [-0.15, -0.1) is 0 Å². The summed E-state index contributed by atoms with van der Waals surface area (Å²) in [5.41, 5.74) is 7.26. The highest BCUT2D eigenvalue weighted by Gasteiger charge is 2.66. The van der Waals surface area contributed by atoms with Crippen LogP contribution in [0.25, 0.3) is 0 Å². The number of hydrogen-bond donors (Lipinski definition) is 4. The molecule has 1 aromatic rings. The number of rotatable bonds is 9. The fourth-order valence-electron chi connectivity index (χ4n) is 10.5. The third-order valence-corrected chi connectivity index (χ3v) is 12.5. The third-order valence-electron chi connectivity index (χ3n) is 12.5. The number of H-pyrrole nitrogens is 1. The molecule has 0 amide bonds. The van der Waals surface area contributed by atoms with Gasteiger partial charge in [0.05, 0.1) is 23.7 Å². The zero-order valence-electron chi connectivity index (χ0n) is 24.4. The molecule has 5 nitrogen and oxygen atoms in total. The van der Waals surface area contributed by atoms with Gasteiger partial charge in [-0.3, -0.25) is 0 Å². The Morgan fingerprint density at radius 1 is 1.08 bits per heavy atom. The van der Waals surface area contributed by atoms with Crippen molar-refractivity contribution in [3.63, 3.8) is 0 Å². The summed E-state index contributed by atoms with van der Waals surface area (Å²) in [6, 6.07) is -0.0319. The van der Waals surface area contributed by atoms with Crippen LogP contribution in [-0.2, 0) is 0 Å². The van der Waals surface area contributed by atoms with E-state index in [-0.39, 0.29) is 17.5 Å². The first-order valence-electron chi connectivity index (χ1n) is 15.8. The van der Waals surface area contributed by atoms with Crippen molar-refractivity contribution in [2.45, 2.75) is 129 Å². The Hall–Kier alpha value is -0.910. The Kier molecular flexibility index (Phi) is 7.90. The summed E-state index contributed by atoms with van der Waals surface area (Å²) >= 11 is 0. The van der Waals surface area contributed by atoms with Crippen LogP contribution in [0, 0.1) is 46.3 Å². The molecule has 1 unspecified atom stereocenters. The summed E-state index contributed by atoms with van der Waals surface area (Å²) in [5, 5.41) is 16.3. The van der Waals surface area contributed by atoms with Crippen molar-refractivity contribution in [3.05, 3.63) is 18.2 Å². The van der Waals surface area contributed by atoms with Crippen LogP contribution in [0.2, 0.25) is 0 Å². The first-order chi connectivity index (χ1) is 17.6. The number of hydrogen-bond acceptors (Lipinski definition) is 4. The van der Waals surface area contributed by atoms with Crippen molar-refractivity contribution in [1.29, 1.82) is 0 Å². The summed E-state index contributed by atoms with van der Waals surface area (Å²) in [7, 11) is 0. The van der Waals surface area contributed by atoms with Crippen LogP contribution in [0.5, 0.6) is 0 Å². The van der Waals surface area contributed by atoms with E-state index in [9.17, 15) is 5.11 Å². The van der Waals surface area contributed by atoms with Crippen molar-refractivity contribution < 1.29 is 5.11 Å². The summed E-state index contributed by atoms with van der Waals surface area (Å²) in [4.78, 5) is 7.42. The molecule has 1 aromatic heterocycles. The van der Waals surface area contributed by atoms with Crippen LogP contribution in [0.3, 0.4) is 0 Å². The number of aromatic nitrogens is 2. The number of aliphatic hydroxyl groups is 1. The molecule has 0 saturated heterocycles. The van der Waals surface area contributed by atoms with Crippen molar-refractivity contribution in [2.75, 3.05) is 6.54 Å². The zero-order valence-corrected chi connectivity index (χ0v) is 24.4. The molecule has 5 N–H and O–H groups in total. The van der Waals surface area contributed by atoms with Gasteiger partial charge in [0, 0.05) is 24.2 Å². The summed E-state index contributed by atoms with van der Waals surface area (Å²) in [6.45, 7) is 13.1. The van der Waals surface area contributed by atoms with E-state index in [1.165, 1.54) is 57.8 Å². The Morgan fingerprint density at radius 2 is 1.86 bits per heavy atom. The van der Waals surface area contributed by atoms with E-state index in [4.69, 9.17) is 5.73 Å². The van der Waals surface area contributed by atoms with E-state index >= 15 is 0 Å². The second kappa shape index (κ2) is 10.6. The Morgan fingerprint density at radius 3 is 2.59 bits per heavy atom. The van der Waals surface area contributed by atoms with Gasteiger partial charge < -0.3 is 21.1 Å². The minimum atomic E-state index is -0.631. The lowest BCUT2D eigenvalue weighted by molar-refractivity contribution is -0.220. The molecule has 0 spiro atoms. The highest BCUT2D eigenvalue weighted by molar-refractivity contribution is 5.18. The van der Waals surface area contributed by atoms with Gasteiger partial charge >= 0.3 is 0 Å². The molecule has 210 valence electrons. The molecule has 10 atom stereocenters. The molecule has 4 aliphatic carbocycles. The highest BCUT2D eigenvalue weighted by atomic mass is 16.3. The molecule has 4 saturated carbocycles. The zero-order chi connectivity index (χ0) is 26.4. The molecule has 0 aliphatic heterocycles. The van der Waals surface area contributed by atoms with Crippen LogP contribution < -0.4 is 11.1 Å². The molecule has 5 heteroatoms. The van der Waals surface area contributed by atoms with E-state index in [2.05, 4.69) is 49.9 Å². The molecule has 0 radical (unpaired) electrons. The van der Waals surface area contributed by atoms with Gasteiger partial charge in [0.1, 0.15) is 0 Å². The quantitative estimate of drug-likeness (QED) is 0.300. The van der Waals surface area contributed by atoms with E-state index in [0.29, 0.717) is 23.8 Å². The molecule has 1 heterocycles. The standard InChI is InChI=1S/C32H56N4O/c1-21(2)9-8-10-22(3)24-11-12-25-23-17-29(35-18-27(33)28-19-34-20-36-28)32(37)15-7-6-14-31(32,5)26(23)13-16-30(24,25)4/h19-27,29,35,37H,6-18,33H2,1-5H3,(H,34,36)/t22-,23+,24-,25+,26+,27?,29-,30-,31-,32+/m1/s1. The van der Waals surface area contributed by atoms with Crippen LogP contribution in [0.1, 0.15) is 123 Å². The Balaban J connectivity index is 1.36. The molecule has 5 rings (SSSR count). The number of nitrogens with two attached hydrogens (primary N) is 1. The van der Waals surface area contributed by atoms with Crippen LogP contribution in [0.4, 0.5) is 0 Å². The lowest BCUT2D eigenvalue weighted by atomic mass is 9.42. The second-order valence-electron chi connectivity index (χ2n) is 14.8. The average Bonchev–Trinajstić information content (AvgIpc) is 3.51. The summed E-state index contributed by atoms with van der Waals surface area (Å²) < 4.78 is 0. The minimum absolute atomic E-state index is 0.00452. The van der Waals surface area contributed by atoms with Gasteiger partial charge in [0.2, 0.25) is 0 Å². The van der Waals surface area contributed by atoms with Gasteiger partial charge in [-0.1, -0.05) is 66.7 Å². The van der Waals surface area contributed by atoms with E-state index in [0.717, 1.165) is 48.6 Å². The first-order valence-corrected chi connectivity index (χ1v) is 15.8. The van der Waals surface area contributed by atoms with E-state index in [1.807, 2.05) is 6.20 Å². The number of nitrogens with zero attached hydrogens (tertiary/aromatic N) is 1. The maximum atomic E-state index is 12.5.